The van der Waals surface area contributed by atoms with Gasteiger partial charge < -0.3 is 10.1 Å². The maximum Gasteiger partial charge on any atom is 0.242 e. The summed E-state index contributed by atoms with van der Waals surface area (Å²) in [6.45, 7) is 3.96. The normalized spacial score (nSPS) is 24.4. The molecule has 2 rings (SSSR count). The molecule has 1 heterocycles. The largest absolute Gasteiger partial charge is 0.381 e. The SMILES string of the molecule is CNc1ncc(S(=O)(=O)NC2CC(OC)C2(C)C)cc1Cl. The van der Waals surface area contributed by atoms with E-state index >= 15 is 0 Å². The fourth-order valence-electron chi connectivity index (χ4n) is 2.49. The summed E-state index contributed by atoms with van der Waals surface area (Å²) in [5, 5.41) is 3.06. The molecule has 1 aromatic rings. The number of rotatable bonds is 5. The van der Waals surface area contributed by atoms with Gasteiger partial charge in [-0.3, -0.25) is 0 Å². The van der Waals surface area contributed by atoms with Gasteiger partial charge in [-0.25, -0.2) is 18.1 Å². The first-order chi connectivity index (χ1) is 9.72. The van der Waals surface area contributed by atoms with Crippen molar-refractivity contribution < 1.29 is 13.2 Å². The third-order valence-corrected chi connectivity index (χ3v) is 5.85. The Morgan fingerprint density at radius 3 is 2.62 bits per heavy atom. The van der Waals surface area contributed by atoms with E-state index in [2.05, 4.69) is 15.0 Å². The number of methoxy groups -OCH3 is 1. The summed E-state index contributed by atoms with van der Waals surface area (Å²) in [6, 6.07) is 1.22. The van der Waals surface area contributed by atoms with Crippen LogP contribution >= 0.6 is 11.6 Å². The van der Waals surface area contributed by atoms with E-state index in [0.717, 1.165) is 0 Å². The average Bonchev–Trinajstić information content (AvgIpc) is 2.42. The smallest absolute Gasteiger partial charge is 0.242 e. The molecule has 0 aliphatic heterocycles. The Hall–Kier alpha value is -0.890. The average molecular weight is 334 g/mol. The highest BCUT2D eigenvalue weighted by molar-refractivity contribution is 7.89. The molecule has 1 aliphatic rings. The molecule has 0 bridgehead atoms. The van der Waals surface area contributed by atoms with E-state index < -0.39 is 10.0 Å². The quantitative estimate of drug-likeness (QED) is 0.859. The third kappa shape index (κ3) is 3.01. The van der Waals surface area contributed by atoms with Gasteiger partial charge in [0.2, 0.25) is 10.0 Å². The van der Waals surface area contributed by atoms with Crippen LogP contribution in [0.2, 0.25) is 5.02 Å². The highest BCUT2D eigenvalue weighted by atomic mass is 35.5. The molecular formula is C13H20ClN3O3S. The number of nitrogens with zero attached hydrogens (tertiary/aromatic N) is 1. The second kappa shape index (κ2) is 5.72. The number of aromatic nitrogens is 1. The Morgan fingerprint density at radius 1 is 1.48 bits per heavy atom. The molecule has 0 amide bonds. The lowest BCUT2D eigenvalue weighted by molar-refractivity contribution is -0.0908. The zero-order chi connectivity index (χ0) is 15.8. The van der Waals surface area contributed by atoms with Crippen molar-refractivity contribution in [3.8, 4) is 0 Å². The molecule has 2 N–H and O–H groups in total. The van der Waals surface area contributed by atoms with E-state index in [1.165, 1.54) is 12.3 Å². The first-order valence-electron chi connectivity index (χ1n) is 6.60. The third-order valence-electron chi connectivity index (χ3n) is 4.12. The summed E-state index contributed by atoms with van der Waals surface area (Å²) in [4.78, 5) is 4.05. The number of hydrogen-bond acceptors (Lipinski definition) is 5. The highest BCUT2D eigenvalue weighted by Gasteiger charge is 2.50. The molecular weight excluding hydrogens is 314 g/mol. The van der Waals surface area contributed by atoms with Crippen LogP contribution in [0.15, 0.2) is 17.2 Å². The molecule has 0 spiro atoms. The number of halogens is 1. The van der Waals surface area contributed by atoms with Crippen LogP contribution in [0.5, 0.6) is 0 Å². The second-order valence-electron chi connectivity index (χ2n) is 5.71. The summed E-state index contributed by atoms with van der Waals surface area (Å²) < 4.78 is 32.8. The molecule has 2 unspecified atom stereocenters. The summed E-state index contributed by atoms with van der Waals surface area (Å²) >= 11 is 5.98. The first-order valence-corrected chi connectivity index (χ1v) is 8.47. The second-order valence-corrected chi connectivity index (χ2v) is 7.83. The van der Waals surface area contributed by atoms with Gasteiger partial charge in [0.15, 0.2) is 0 Å². The topological polar surface area (TPSA) is 80.3 Å². The first kappa shape index (κ1) is 16.5. The van der Waals surface area contributed by atoms with Crippen molar-refractivity contribution in [2.45, 2.75) is 37.3 Å². The molecule has 118 valence electrons. The molecule has 2 atom stereocenters. The van der Waals surface area contributed by atoms with Crippen molar-refractivity contribution in [1.29, 1.82) is 0 Å². The lowest BCUT2D eigenvalue weighted by Gasteiger charge is -2.50. The zero-order valence-electron chi connectivity index (χ0n) is 12.5. The molecule has 0 radical (unpaired) electrons. The van der Waals surface area contributed by atoms with Gasteiger partial charge in [0.1, 0.15) is 10.7 Å². The van der Waals surface area contributed by atoms with E-state index in [-0.39, 0.29) is 27.5 Å². The van der Waals surface area contributed by atoms with Gasteiger partial charge in [0, 0.05) is 31.8 Å². The molecule has 6 nitrogen and oxygen atoms in total. The van der Waals surface area contributed by atoms with Crippen LogP contribution in [0, 0.1) is 5.41 Å². The van der Waals surface area contributed by atoms with Crippen LogP contribution in [0.3, 0.4) is 0 Å². The molecule has 1 aromatic heterocycles. The summed E-state index contributed by atoms with van der Waals surface area (Å²) in [5.41, 5.74) is -0.246. The minimum Gasteiger partial charge on any atom is -0.381 e. The summed E-state index contributed by atoms with van der Waals surface area (Å²) in [6.07, 6.45) is 2.00. The van der Waals surface area contributed by atoms with Gasteiger partial charge in [-0.1, -0.05) is 25.4 Å². The minimum absolute atomic E-state index is 0.0542. The molecule has 1 fully saturated rings. The van der Waals surface area contributed by atoms with Gasteiger partial charge in [-0.2, -0.15) is 0 Å². The molecule has 21 heavy (non-hydrogen) atoms. The van der Waals surface area contributed by atoms with Crippen molar-refractivity contribution in [3.63, 3.8) is 0 Å². The number of ether oxygens (including phenoxy) is 1. The van der Waals surface area contributed by atoms with E-state index in [0.29, 0.717) is 12.2 Å². The van der Waals surface area contributed by atoms with Crippen molar-refractivity contribution in [3.05, 3.63) is 17.3 Å². The van der Waals surface area contributed by atoms with Gasteiger partial charge in [-0.05, 0) is 12.5 Å². The molecule has 0 saturated heterocycles. The maximum absolute atomic E-state index is 12.4. The lowest BCUT2D eigenvalue weighted by Crippen LogP contribution is -2.61. The van der Waals surface area contributed by atoms with Gasteiger partial charge in [0.05, 0.1) is 11.1 Å². The molecule has 1 saturated carbocycles. The van der Waals surface area contributed by atoms with Gasteiger partial charge in [0.25, 0.3) is 0 Å². The van der Waals surface area contributed by atoms with Crippen LogP contribution < -0.4 is 10.0 Å². The van der Waals surface area contributed by atoms with Crippen LogP contribution in [-0.2, 0) is 14.8 Å². The van der Waals surface area contributed by atoms with Crippen LogP contribution in [0.25, 0.3) is 0 Å². The number of hydrogen-bond donors (Lipinski definition) is 2. The Morgan fingerprint density at radius 2 is 2.14 bits per heavy atom. The minimum atomic E-state index is -3.65. The molecule has 0 aromatic carbocycles. The zero-order valence-corrected chi connectivity index (χ0v) is 14.0. The van der Waals surface area contributed by atoms with Gasteiger partial charge >= 0.3 is 0 Å². The number of anilines is 1. The predicted molar refractivity (Wildman–Crippen MR) is 82.1 cm³/mol. The molecule has 1 aliphatic carbocycles. The van der Waals surface area contributed by atoms with E-state index in [1.54, 1.807) is 14.2 Å². The Bertz CT molecular complexity index is 634. The van der Waals surface area contributed by atoms with E-state index in [9.17, 15) is 8.42 Å². The van der Waals surface area contributed by atoms with Crippen molar-refractivity contribution >= 4 is 27.4 Å². The van der Waals surface area contributed by atoms with E-state index in [4.69, 9.17) is 16.3 Å². The number of sulfonamides is 1. The Labute approximate surface area is 130 Å². The van der Waals surface area contributed by atoms with Crippen LogP contribution in [0.1, 0.15) is 20.3 Å². The van der Waals surface area contributed by atoms with Crippen molar-refractivity contribution in [2.24, 2.45) is 5.41 Å². The summed E-state index contributed by atoms with van der Waals surface area (Å²) in [7, 11) is -0.346. The fourth-order valence-corrected chi connectivity index (χ4v) is 4.19. The molecule has 8 heteroatoms. The summed E-state index contributed by atoms with van der Waals surface area (Å²) in [5.74, 6) is 0.444. The van der Waals surface area contributed by atoms with Crippen LogP contribution in [-0.4, -0.2) is 39.7 Å². The van der Waals surface area contributed by atoms with Crippen LogP contribution in [0.4, 0.5) is 5.82 Å². The highest BCUT2D eigenvalue weighted by Crippen LogP contribution is 2.43. The number of nitrogens with one attached hydrogen (secondary N) is 2. The Kier molecular flexibility index (Phi) is 4.49. The predicted octanol–water partition coefficient (Wildman–Crippen LogP) is 1.87. The monoisotopic (exact) mass is 333 g/mol. The Balaban J connectivity index is 2.18. The number of pyridine rings is 1. The van der Waals surface area contributed by atoms with Crippen molar-refractivity contribution in [2.75, 3.05) is 19.5 Å². The van der Waals surface area contributed by atoms with Gasteiger partial charge in [-0.15, -0.1) is 0 Å². The van der Waals surface area contributed by atoms with E-state index in [1.807, 2.05) is 13.8 Å². The maximum atomic E-state index is 12.4. The lowest BCUT2D eigenvalue weighted by atomic mass is 9.65. The van der Waals surface area contributed by atoms with Crippen molar-refractivity contribution in [1.82, 2.24) is 9.71 Å². The standard InChI is InChI=1S/C13H20ClN3O3S/c1-13(2)10(6-11(13)20-4)17-21(18,19)8-5-9(14)12(15-3)16-7-8/h5,7,10-11,17H,6H2,1-4H3,(H,15,16). The fraction of sp³-hybridized carbons (Fsp3) is 0.615.